The third-order valence-corrected chi connectivity index (χ3v) is 4.28. The van der Waals surface area contributed by atoms with Crippen molar-refractivity contribution in [2.75, 3.05) is 7.11 Å². The minimum Gasteiger partial charge on any atom is -0.501 e. The van der Waals surface area contributed by atoms with E-state index >= 15 is 0 Å². The van der Waals surface area contributed by atoms with Crippen molar-refractivity contribution in [3.63, 3.8) is 0 Å². The average molecular weight is 258 g/mol. The molecule has 0 heterocycles. The van der Waals surface area contributed by atoms with Crippen LogP contribution in [0.5, 0.6) is 0 Å². The van der Waals surface area contributed by atoms with Gasteiger partial charge < -0.3 is 4.74 Å². The fourth-order valence-electron chi connectivity index (χ4n) is 3.30. The van der Waals surface area contributed by atoms with Gasteiger partial charge in [-0.25, -0.2) is 0 Å². The zero-order valence-electron chi connectivity index (χ0n) is 11.7. The molecular formula is C17H22O2. The van der Waals surface area contributed by atoms with Gasteiger partial charge >= 0.3 is 0 Å². The first-order valence-corrected chi connectivity index (χ1v) is 6.89. The fraction of sp³-hybridized carbons (Fsp3) is 0.471. The molecule has 1 fully saturated rings. The van der Waals surface area contributed by atoms with Gasteiger partial charge in [0.05, 0.1) is 18.3 Å². The highest BCUT2D eigenvalue weighted by Crippen LogP contribution is 2.48. The van der Waals surface area contributed by atoms with Gasteiger partial charge in [0, 0.05) is 12.3 Å². The van der Waals surface area contributed by atoms with Crippen LogP contribution in [0.3, 0.4) is 0 Å². The molecular weight excluding hydrogens is 236 g/mol. The summed E-state index contributed by atoms with van der Waals surface area (Å²) in [6.45, 7) is 7.59. The molecule has 2 nitrogen and oxygen atoms in total. The zero-order chi connectivity index (χ0) is 13.9. The zero-order valence-corrected chi connectivity index (χ0v) is 11.7. The lowest BCUT2D eigenvalue weighted by atomic mass is 9.61. The highest BCUT2D eigenvalue weighted by Gasteiger charge is 2.46. The number of carbonyl (C=O) groups excluding carboxylic acids is 1. The van der Waals surface area contributed by atoms with Crippen molar-refractivity contribution in [3.8, 4) is 0 Å². The summed E-state index contributed by atoms with van der Waals surface area (Å²) in [5.74, 6) is 1.28. The number of Topliss-reactive ketones (excluding diaryl/α,β-unsaturated/α-hetero) is 1. The lowest BCUT2D eigenvalue weighted by molar-refractivity contribution is -0.130. The molecule has 0 saturated heterocycles. The third-order valence-electron chi connectivity index (χ3n) is 4.28. The number of ether oxygens (including phenoxy) is 1. The van der Waals surface area contributed by atoms with Crippen LogP contribution in [0.25, 0.3) is 0 Å². The molecule has 0 aliphatic heterocycles. The summed E-state index contributed by atoms with van der Waals surface area (Å²) in [6, 6.07) is 0. The van der Waals surface area contributed by atoms with Crippen LogP contribution in [0.15, 0.2) is 48.8 Å². The third kappa shape index (κ3) is 2.32. The minimum absolute atomic E-state index is 0.0852. The fourth-order valence-corrected chi connectivity index (χ4v) is 3.30. The smallest absolute Gasteiger partial charge is 0.150 e. The van der Waals surface area contributed by atoms with E-state index in [0.29, 0.717) is 12.2 Å². The molecule has 102 valence electrons. The van der Waals surface area contributed by atoms with E-state index in [-0.39, 0.29) is 5.92 Å². The molecule has 2 unspecified atom stereocenters. The summed E-state index contributed by atoms with van der Waals surface area (Å²) < 4.78 is 5.36. The molecule has 0 amide bonds. The van der Waals surface area contributed by atoms with E-state index in [1.54, 1.807) is 7.11 Å². The van der Waals surface area contributed by atoms with Gasteiger partial charge in [0.15, 0.2) is 5.78 Å². The number of fused-ring (bicyclic) bond motifs is 1. The Kier molecular flexibility index (Phi) is 4.08. The maximum Gasteiger partial charge on any atom is 0.150 e. The maximum absolute atomic E-state index is 12.9. The number of rotatable bonds is 5. The van der Waals surface area contributed by atoms with Crippen molar-refractivity contribution in [2.24, 2.45) is 11.3 Å². The summed E-state index contributed by atoms with van der Waals surface area (Å²) in [5, 5.41) is 0. The highest BCUT2D eigenvalue weighted by molar-refractivity contribution is 5.93. The molecule has 2 atom stereocenters. The molecule has 0 radical (unpaired) electrons. The van der Waals surface area contributed by atoms with Gasteiger partial charge in [0.2, 0.25) is 0 Å². The molecule has 2 rings (SSSR count). The number of carbonyl (C=O) groups is 1. The van der Waals surface area contributed by atoms with E-state index < -0.39 is 5.41 Å². The Labute approximate surface area is 115 Å². The number of hydrogen-bond acceptors (Lipinski definition) is 2. The monoisotopic (exact) mass is 258 g/mol. The van der Waals surface area contributed by atoms with Crippen LogP contribution < -0.4 is 0 Å². The van der Waals surface area contributed by atoms with Crippen LogP contribution in [0.1, 0.15) is 32.1 Å². The summed E-state index contributed by atoms with van der Waals surface area (Å²) in [6.07, 6.45) is 12.0. The summed E-state index contributed by atoms with van der Waals surface area (Å²) >= 11 is 0. The number of allylic oxidation sites excluding steroid dienone is 5. The van der Waals surface area contributed by atoms with Gasteiger partial charge in [0.1, 0.15) is 0 Å². The van der Waals surface area contributed by atoms with Crippen LogP contribution in [0.4, 0.5) is 0 Å². The van der Waals surface area contributed by atoms with Crippen LogP contribution in [-0.2, 0) is 9.53 Å². The Morgan fingerprint density at radius 3 is 2.89 bits per heavy atom. The van der Waals surface area contributed by atoms with Gasteiger partial charge in [-0.1, -0.05) is 23.8 Å². The second-order valence-corrected chi connectivity index (χ2v) is 5.34. The number of methoxy groups -OCH3 is 1. The Morgan fingerprint density at radius 2 is 2.26 bits per heavy atom. The van der Waals surface area contributed by atoms with Gasteiger partial charge in [-0.3, -0.25) is 4.79 Å². The molecule has 1 saturated carbocycles. The first-order chi connectivity index (χ1) is 9.17. The highest BCUT2D eigenvalue weighted by atomic mass is 16.5. The van der Waals surface area contributed by atoms with Gasteiger partial charge in [-0.15, -0.1) is 13.2 Å². The van der Waals surface area contributed by atoms with Crippen molar-refractivity contribution in [1.82, 2.24) is 0 Å². The number of hydrogen-bond donors (Lipinski definition) is 0. The molecule has 0 spiro atoms. The molecule has 0 aromatic rings. The Balaban J connectivity index is 2.41. The predicted molar refractivity (Wildman–Crippen MR) is 77.6 cm³/mol. The summed E-state index contributed by atoms with van der Waals surface area (Å²) in [7, 11) is 1.67. The van der Waals surface area contributed by atoms with E-state index in [0.717, 1.165) is 31.4 Å². The first kappa shape index (κ1) is 13.9. The lowest BCUT2D eigenvalue weighted by Crippen LogP contribution is -2.41. The number of ketones is 1. The van der Waals surface area contributed by atoms with Crippen molar-refractivity contribution < 1.29 is 9.53 Å². The molecule has 0 aromatic heterocycles. The standard InChI is InChI=1S/C17H22O2/c1-4-6-13-7-8-14-9-10-15(19-3)12-17(14,11-5-2)16(13)18/h4-5,9,12-13H,1-2,6-8,10-11H2,3H3. The maximum atomic E-state index is 12.9. The average Bonchev–Trinajstić information content (AvgIpc) is 2.43. The van der Waals surface area contributed by atoms with Crippen LogP contribution in [-0.4, -0.2) is 12.9 Å². The molecule has 0 N–H and O–H groups in total. The largest absolute Gasteiger partial charge is 0.501 e. The summed E-state index contributed by atoms with van der Waals surface area (Å²) in [4.78, 5) is 12.9. The van der Waals surface area contributed by atoms with Crippen LogP contribution >= 0.6 is 0 Å². The van der Waals surface area contributed by atoms with Crippen molar-refractivity contribution in [3.05, 3.63) is 48.8 Å². The first-order valence-electron chi connectivity index (χ1n) is 6.89. The van der Waals surface area contributed by atoms with E-state index in [9.17, 15) is 4.79 Å². The molecule has 19 heavy (non-hydrogen) atoms. The Bertz CT molecular complexity index is 456. The van der Waals surface area contributed by atoms with E-state index in [2.05, 4.69) is 19.2 Å². The van der Waals surface area contributed by atoms with Crippen molar-refractivity contribution >= 4 is 5.78 Å². The van der Waals surface area contributed by atoms with Gasteiger partial charge in [-0.05, 0) is 31.8 Å². The molecule has 0 bridgehead atoms. The Morgan fingerprint density at radius 1 is 1.47 bits per heavy atom. The second-order valence-electron chi connectivity index (χ2n) is 5.34. The lowest BCUT2D eigenvalue weighted by Gasteiger charge is -2.41. The van der Waals surface area contributed by atoms with Crippen LogP contribution in [0, 0.1) is 11.3 Å². The van der Waals surface area contributed by atoms with Crippen molar-refractivity contribution in [2.45, 2.75) is 32.1 Å². The van der Waals surface area contributed by atoms with E-state index in [1.807, 2.05) is 18.2 Å². The quantitative estimate of drug-likeness (QED) is 0.698. The van der Waals surface area contributed by atoms with Crippen molar-refractivity contribution in [1.29, 1.82) is 0 Å². The minimum atomic E-state index is -0.503. The topological polar surface area (TPSA) is 26.3 Å². The van der Waals surface area contributed by atoms with Gasteiger partial charge in [0.25, 0.3) is 0 Å². The Hall–Kier alpha value is -1.57. The molecule has 2 heteroatoms. The molecule has 2 aliphatic carbocycles. The van der Waals surface area contributed by atoms with E-state index in [1.165, 1.54) is 5.57 Å². The summed E-state index contributed by atoms with van der Waals surface area (Å²) in [5.41, 5.74) is 0.746. The normalized spacial score (nSPS) is 29.9. The van der Waals surface area contributed by atoms with E-state index in [4.69, 9.17) is 4.74 Å². The SMILES string of the molecule is C=CCC1CCC2=CCC(OC)=CC2(CC=C)C1=O. The molecule has 0 aromatic carbocycles. The van der Waals surface area contributed by atoms with Crippen LogP contribution in [0.2, 0.25) is 0 Å². The van der Waals surface area contributed by atoms with Gasteiger partial charge in [-0.2, -0.15) is 0 Å². The second kappa shape index (κ2) is 5.60. The predicted octanol–water partition coefficient (Wildman–Crippen LogP) is 3.96. The molecule has 2 aliphatic rings.